The summed E-state index contributed by atoms with van der Waals surface area (Å²) in [5, 5.41) is 0. The van der Waals surface area contributed by atoms with Crippen LogP contribution in [-0.2, 0) is 0 Å². The Balaban J connectivity index is 2.14. The van der Waals surface area contributed by atoms with Crippen molar-refractivity contribution in [1.29, 1.82) is 0 Å². The third-order valence-corrected chi connectivity index (χ3v) is 4.63. The molecule has 2 rings (SSSR count). The van der Waals surface area contributed by atoms with E-state index in [0.29, 0.717) is 5.92 Å². The van der Waals surface area contributed by atoms with Gasteiger partial charge in [-0.3, -0.25) is 4.98 Å². The predicted octanol–water partition coefficient (Wildman–Crippen LogP) is 4.58. The molecule has 1 aromatic rings. The molecule has 1 atom stereocenters. The van der Waals surface area contributed by atoms with Crippen LogP contribution in [0.4, 0.5) is 0 Å². The summed E-state index contributed by atoms with van der Waals surface area (Å²) in [4.78, 5) is 4.46. The van der Waals surface area contributed by atoms with Crippen LogP contribution in [0.3, 0.4) is 0 Å². The van der Waals surface area contributed by atoms with Gasteiger partial charge in [-0.2, -0.15) is 0 Å². The zero-order valence-corrected chi connectivity index (χ0v) is 13.0. The monoisotopic (exact) mass is 360 g/mol. The van der Waals surface area contributed by atoms with E-state index in [0.717, 1.165) is 14.6 Å². The Hall–Kier alpha value is 0.0700. The quantitative estimate of drug-likeness (QED) is 0.783. The first kappa shape index (κ1) is 13.5. The van der Waals surface area contributed by atoms with E-state index in [9.17, 15) is 0 Å². The van der Waals surface area contributed by atoms with E-state index in [-0.39, 0.29) is 6.04 Å². The lowest BCUT2D eigenvalue weighted by molar-refractivity contribution is 0.376. The lowest BCUT2D eigenvalue weighted by atomic mass is 9.90. The number of hydrogen-bond acceptors (Lipinski definition) is 2. The number of aromatic nitrogens is 1. The van der Waals surface area contributed by atoms with Crippen LogP contribution in [0.5, 0.6) is 0 Å². The van der Waals surface area contributed by atoms with Crippen LogP contribution in [0.1, 0.15) is 50.3 Å². The van der Waals surface area contributed by atoms with Gasteiger partial charge in [-0.15, -0.1) is 0 Å². The van der Waals surface area contributed by atoms with Gasteiger partial charge in [-0.1, -0.05) is 25.7 Å². The summed E-state index contributed by atoms with van der Waals surface area (Å²) in [6.45, 7) is 0. The van der Waals surface area contributed by atoms with Gasteiger partial charge in [0.25, 0.3) is 0 Å². The van der Waals surface area contributed by atoms with Crippen molar-refractivity contribution < 1.29 is 0 Å². The van der Waals surface area contributed by atoms with E-state index in [1.165, 1.54) is 38.5 Å². The van der Waals surface area contributed by atoms with Crippen molar-refractivity contribution in [2.24, 2.45) is 11.7 Å². The molecule has 0 spiro atoms. The molecule has 1 aromatic heterocycles. The molecule has 0 aromatic carbocycles. The lowest BCUT2D eigenvalue weighted by Crippen LogP contribution is -2.22. The molecular weight excluding hydrogens is 344 g/mol. The summed E-state index contributed by atoms with van der Waals surface area (Å²) >= 11 is 6.98. The maximum atomic E-state index is 6.38. The highest BCUT2D eigenvalue weighted by Gasteiger charge is 2.23. The average Bonchev–Trinajstić information content (AvgIpc) is 2.56. The van der Waals surface area contributed by atoms with Gasteiger partial charge in [-0.05, 0) is 56.7 Å². The molecule has 0 saturated heterocycles. The summed E-state index contributed by atoms with van der Waals surface area (Å²) < 4.78 is 2.00. The lowest BCUT2D eigenvalue weighted by Gasteiger charge is -2.22. The number of nitrogens with two attached hydrogens (primary N) is 1. The van der Waals surface area contributed by atoms with E-state index in [2.05, 4.69) is 36.8 Å². The predicted molar refractivity (Wildman–Crippen MR) is 77.8 cm³/mol. The second kappa shape index (κ2) is 6.30. The molecule has 17 heavy (non-hydrogen) atoms. The van der Waals surface area contributed by atoms with Crippen molar-refractivity contribution in [3.63, 3.8) is 0 Å². The third-order valence-electron chi connectivity index (χ3n) is 3.56. The van der Waals surface area contributed by atoms with Crippen LogP contribution in [0.15, 0.2) is 21.2 Å². The molecule has 1 heterocycles. The van der Waals surface area contributed by atoms with Gasteiger partial charge in [-0.25, -0.2) is 0 Å². The standard InChI is InChI=1S/C13H18Br2N2/c14-10-7-11(15)13(17-8-10)12(16)9-5-3-1-2-4-6-9/h7-9,12H,1-6,16H2. The molecule has 2 nitrogen and oxygen atoms in total. The first-order valence-corrected chi connectivity index (χ1v) is 7.83. The molecule has 0 bridgehead atoms. The number of nitrogens with zero attached hydrogens (tertiary/aromatic N) is 1. The molecule has 0 amide bonds. The van der Waals surface area contributed by atoms with Crippen LogP contribution in [0.2, 0.25) is 0 Å². The summed E-state index contributed by atoms with van der Waals surface area (Å²) in [6.07, 6.45) is 9.66. The van der Waals surface area contributed by atoms with Crippen molar-refractivity contribution >= 4 is 31.9 Å². The molecule has 1 saturated carbocycles. The third kappa shape index (κ3) is 3.52. The molecule has 1 fully saturated rings. The first-order valence-electron chi connectivity index (χ1n) is 6.25. The van der Waals surface area contributed by atoms with Crippen molar-refractivity contribution in [3.05, 3.63) is 26.9 Å². The molecule has 2 N–H and O–H groups in total. The van der Waals surface area contributed by atoms with Gasteiger partial charge in [0.05, 0.1) is 11.7 Å². The fourth-order valence-corrected chi connectivity index (χ4v) is 3.82. The molecular formula is C13H18Br2N2. The van der Waals surface area contributed by atoms with Crippen LogP contribution in [-0.4, -0.2) is 4.98 Å². The highest BCUT2D eigenvalue weighted by atomic mass is 79.9. The zero-order chi connectivity index (χ0) is 12.3. The van der Waals surface area contributed by atoms with Gasteiger partial charge >= 0.3 is 0 Å². The summed E-state index contributed by atoms with van der Waals surface area (Å²) in [7, 11) is 0. The zero-order valence-electron chi connectivity index (χ0n) is 9.83. The SMILES string of the molecule is NC(c1ncc(Br)cc1Br)C1CCCCCC1. The smallest absolute Gasteiger partial charge is 0.0716 e. The molecule has 1 aliphatic carbocycles. The highest BCUT2D eigenvalue weighted by Crippen LogP contribution is 2.34. The van der Waals surface area contributed by atoms with Gasteiger partial charge in [0.15, 0.2) is 0 Å². The Morgan fingerprint density at radius 1 is 1.18 bits per heavy atom. The maximum absolute atomic E-state index is 6.38. The minimum absolute atomic E-state index is 0.0653. The number of hydrogen-bond donors (Lipinski definition) is 1. The summed E-state index contributed by atoms with van der Waals surface area (Å²) in [5.41, 5.74) is 7.38. The van der Waals surface area contributed by atoms with Crippen molar-refractivity contribution in [3.8, 4) is 0 Å². The second-order valence-corrected chi connectivity index (χ2v) is 6.57. The van der Waals surface area contributed by atoms with Crippen molar-refractivity contribution in [2.45, 2.75) is 44.6 Å². The molecule has 1 aliphatic rings. The normalized spacial score (nSPS) is 19.9. The Morgan fingerprint density at radius 3 is 2.41 bits per heavy atom. The Labute approximate surface area is 120 Å². The Morgan fingerprint density at radius 2 is 1.82 bits per heavy atom. The molecule has 0 aliphatic heterocycles. The van der Waals surface area contributed by atoms with Gasteiger partial charge < -0.3 is 5.73 Å². The molecule has 94 valence electrons. The number of pyridine rings is 1. The van der Waals surface area contributed by atoms with Crippen LogP contribution < -0.4 is 5.73 Å². The van der Waals surface area contributed by atoms with E-state index in [1.807, 2.05) is 12.3 Å². The van der Waals surface area contributed by atoms with Gasteiger partial charge in [0.2, 0.25) is 0 Å². The van der Waals surface area contributed by atoms with E-state index < -0.39 is 0 Å². The van der Waals surface area contributed by atoms with E-state index >= 15 is 0 Å². The van der Waals surface area contributed by atoms with Crippen molar-refractivity contribution in [2.75, 3.05) is 0 Å². The summed E-state index contributed by atoms with van der Waals surface area (Å²) in [5.74, 6) is 0.586. The van der Waals surface area contributed by atoms with E-state index in [1.54, 1.807) is 0 Å². The first-order chi connectivity index (χ1) is 8.18. The second-order valence-electron chi connectivity index (χ2n) is 4.80. The van der Waals surface area contributed by atoms with Crippen molar-refractivity contribution in [1.82, 2.24) is 4.98 Å². The molecule has 4 heteroatoms. The fourth-order valence-electron chi connectivity index (χ4n) is 2.56. The van der Waals surface area contributed by atoms with Gasteiger partial charge in [0, 0.05) is 15.1 Å². The topological polar surface area (TPSA) is 38.9 Å². The largest absolute Gasteiger partial charge is 0.322 e. The molecule has 1 unspecified atom stereocenters. The summed E-state index contributed by atoms with van der Waals surface area (Å²) in [6, 6.07) is 2.09. The fraction of sp³-hybridized carbons (Fsp3) is 0.615. The van der Waals surface area contributed by atoms with Crippen LogP contribution >= 0.6 is 31.9 Å². The Bertz CT molecular complexity index is 374. The van der Waals surface area contributed by atoms with Crippen LogP contribution in [0, 0.1) is 5.92 Å². The van der Waals surface area contributed by atoms with Gasteiger partial charge in [0.1, 0.15) is 0 Å². The average molecular weight is 362 g/mol. The minimum atomic E-state index is 0.0653. The molecule has 0 radical (unpaired) electrons. The number of halogens is 2. The maximum Gasteiger partial charge on any atom is 0.0716 e. The minimum Gasteiger partial charge on any atom is -0.322 e. The highest BCUT2D eigenvalue weighted by molar-refractivity contribution is 9.11. The van der Waals surface area contributed by atoms with E-state index in [4.69, 9.17) is 5.73 Å². The number of rotatable bonds is 2. The van der Waals surface area contributed by atoms with Crippen LogP contribution in [0.25, 0.3) is 0 Å². The Kier molecular flexibility index (Phi) is 5.00.